The molecule has 0 radical (unpaired) electrons. The Morgan fingerprint density at radius 3 is 2.68 bits per heavy atom. The highest BCUT2D eigenvalue weighted by Crippen LogP contribution is 2.24. The number of carbonyl (C=O) groups excluding carboxylic acids is 1. The molecule has 1 saturated heterocycles. The predicted molar refractivity (Wildman–Crippen MR) is 71.8 cm³/mol. The molecule has 2 rings (SSSR count). The lowest BCUT2D eigenvalue weighted by molar-refractivity contribution is -0.138. The minimum absolute atomic E-state index is 0.0964. The van der Waals surface area contributed by atoms with Crippen LogP contribution in [-0.4, -0.2) is 35.0 Å². The molecule has 1 aliphatic heterocycles. The number of rotatable bonds is 4. The zero-order chi connectivity index (χ0) is 13.8. The van der Waals surface area contributed by atoms with Gasteiger partial charge < -0.3 is 10.0 Å². The first-order valence-corrected chi connectivity index (χ1v) is 6.63. The Kier molecular flexibility index (Phi) is 4.20. The Labute approximate surface area is 113 Å². The molecule has 4 heteroatoms. The van der Waals surface area contributed by atoms with Crippen LogP contribution in [-0.2, 0) is 9.59 Å². The van der Waals surface area contributed by atoms with E-state index in [1.165, 1.54) is 0 Å². The summed E-state index contributed by atoms with van der Waals surface area (Å²) in [4.78, 5) is 24.8. The number of hydrogen-bond donors (Lipinski definition) is 1. The van der Waals surface area contributed by atoms with Crippen molar-refractivity contribution in [3.63, 3.8) is 0 Å². The number of amides is 1. The zero-order valence-electron chi connectivity index (χ0n) is 11.1. The van der Waals surface area contributed by atoms with Gasteiger partial charge in [-0.3, -0.25) is 9.59 Å². The SMILES string of the molecule is CC(C(=O)N1CCC(CC(=O)O)C1)c1ccccc1. The van der Waals surface area contributed by atoms with Gasteiger partial charge in [-0.15, -0.1) is 0 Å². The molecule has 2 atom stereocenters. The first-order valence-electron chi connectivity index (χ1n) is 6.63. The fourth-order valence-corrected chi connectivity index (χ4v) is 2.60. The van der Waals surface area contributed by atoms with Crippen LogP contribution in [0.25, 0.3) is 0 Å². The third-order valence-corrected chi connectivity index (χ3v) is 3.73. The molecule has 102 valence electrons. The maximum Gasteiger partial charge on any atom is 0.303 e. The number of benzene rings is 1. The van der Waals surface area contributed by atoms with Crippen molar-refractivity contribution < 1.29 is 14.7 Å². The number of carboxylic acid groups (broad SMARTS) is 1. The zero-order valence-corrected chi connectivity index (χ0v) is 11.1. The summed E-state index contributed by atoms with van der Waals surface area (Å²) in [7, 11) is 0. The van der Waals surface area contributed by atoms with E-state index in [9.17, 15) is 9.59 Å². The van der Waals surface area contributed by atoms with Crippen molar-refractivity contribution >= 4 is 11.9 Å². The van der Waals surface area contributed by atoms with Crippen LogP contribution in [0.1, 0.15) is 31.2 Å². The van der Waals surface area contributed by atoms with Gasteiger partial charge in [0.05, 0.1) is 5.92 Å². The van der Waals surface area contributed by atoms with Crippen LogP contribution < -0.4 is 0 Å². The molecule has 0 bridgehead atoms. The Hall–Kier alpha value is -1.84. The maximum atomic E-state index is 12.4. The third-order valence-electron chi connectivity index (χ3n) is 3.73. The van der Waals surface area contributed by atoms with Gasteiger partial charge in [-0.1, -0.05) is 30.3 Å². The van der Waals surface area contributed by atoms with Crippen LogP contribution in [0.5, 0.6) is 0 Å². The summed E-state index contributed by atoms with van der Waals surface area (Å²) < 4.78 is 0. The van der Waals surface area contributed by atoms with E-state index in [1.807, 2.05) is 37.3 Å². The summed E-state index contributed by atoms with van der Waals surface area (Å²) >= 11 is 0. The summed E-state index contributed by atoms with van der Waals surface area (Å²) in [6, 6.07) is 9.69. The fourth-order valence-electron chi connectivity index (χ4n) is 2.60. The second kappa shape index (κ2) is 5.87. The summed E-state index contributed by atoms with van der Waals surface area (Å²) in [5.74, 6) is -0.747. The van der Waals surface area contributed by atoms with Gasteiger partial charge in [0.25, 0.3) is 0 Å². The highest BCUT2D eigenvalue weighted by Gasteiger charge is 2.30. The van der Waals surface area contributed by atoms with Crippen LogP contribution in [0.3, 0.4) is 0 Å². The van der Waals surface area contributed by atoms with Crippen molar-refractivity contribution in [2.75, 3.05) is 13.1 Å². The minimum atomic E-state index is -0.782. The first-order chi connectivity index (χ1) is 9.08. The number of hydrogen-bond acceptors (Lipinski definition) is 2. The molecule has 1 amide bonds. The molecule has 0 saturated carbocycles. The third kappa shape index (κ3) is 3.34. The van der Waals surface area contributed by atoms with E-state index in [-0.39, 0.29) is 24.2 Å². The van der Waals surface area contributed by atoms with Crippen molar-refractivity contribution in [3.8, 4) is 0 Å². The number of likely N-dealkylation sites (tertiary alicyclic amines) is 1. The van der Waals surface area contributed by atoms with Crippen LogP contribution in [0.2, 0.25) is 0 Å². The van der Waals surface area contributed by atoms with Crippen LogP contribution in [0.15, 0.2) is 30.3 Å². The lowest BCUT2D eigenvalue weighted by Gasteiger charge is -2.21. The Morgan fingerprint density at radius 2 is 2.05 bits per heavy atom. The standard InChI is InChI=1S/C15H19NO3/c1-11(13-5-3-2-4-6-13)15(19)16-8-7-12(10-16)9-14(17)18/h2-6,11-12H,7-10H2,1H3,(H,17,18). The van der Waals surface area contributed by atoms with E-state index in [0.717, 1.165) is 12.0 Å². The van der Waals surface area contributed by atoms with E-state index in [4.69, 9.17) is 5.11 Å². The van der Waals surface area contributed by atoms with Gasteiger partial charge >= 0.3 is 5.97 Å². The molecular weight excluding hydrogens is 242 g/mol. The van der Waals surface area contributed by atoms with Crippen molar-refractivity contribution in [1.82, 2.24) is 4.90 Å². The van der Waals surface area contributed by atoms with E-state index < -0.39 is 5.97 Å². The van der Waals surface area contributed by atoms with Crippen LogP contribution in [0, 0.1) is 5.92 Å². The van der Waals surface area contributed by atoms with Gasteiger partial charge in [0.15, 0.2) is 0 Å². The summed E-state index contributed by atoms with van der Waals surface area (Å²) in [6.45, 7) is 3.15. The van der Waals surface area contributed by atoms with Crippen molar-refractivity contribution in [3.05, 3.63) is 35.9 Å². The molecule has 0 spiro atoms. The number of aliphatic carboxylic acids is 1. The maximum absolute atomic E-state index is 12.4. The van der Waals surface area contributed by atoms with Crippen LogP contribution in [0.4, 0.5) is 0 Å². The summed E-state index contributed by atoms with van der Waals surface area (Å²) in [6.07, 6.45) is 0.947. The van der Waals surface area contributed by atoms with E-state index in [0.29, 0.717) is 13.1 Å². The molecule has 0 aliphatic carbocycles. The lowest BCUT2D eigenvalue weighted by Crippen LogP contribution is -2.32. The Balaban J connectivity index is 1.96. The van der Waals surface area contributed by atoms with Gasteiger partial charge in [0, 0.05) is 19.5 Å². The molecule has 1 aliphatic rings. The monoisotopic (exact) mass is 261 g/mol. The molecule has 4 nitrogen and oxygen atoms in total. The fraction of sp³-hybridized carbons (Fsp3) is 0.467. The number of carbonyl (C=O) groups is 2. The van der Waals surface area contributed by atoms with E-state index >= 15 is 0 Å². The molecule has 19 heavy (non-hydrogen) atoms. The van der Waals surface area contributed by atoms with E-state index in [1.54, 1.807) is 4.90 Å². The molecule has 2 unspecified atom stereocenters. The topological polar surface area (TPSA) is 57.6 Å². The van der Waals surface area contributed by atoms with Gasteiger partial charge in [-0.05, 0) is 24.8 Å². The molecule has 1 N–H and O–H groups in total. The normalized spacial score (nSPS) is 20.3. The van der Waals surface area contributed by atoms with E-state index in [2.05, 4.69) is 0 Å². The average molecular weight is 261 g/mol. The summed E-state index contributed by atoms with van der Waals surface area (Å²) in [5, 5.41) is 8.78. The Morgan fingerprint density at radius 1 is 1.37 bits per heavy atom. The molecule has 1 fully saturated rings. The first kappa shape index (κ1) is 13.6. The second-order valence-corrected chi connectivity index (χ2v) is 5.17. The van der Waals surface area contributed by atoms with Crippen molar-refractivity contribution in [1.29, 1.82) is 0 Å². The molecule has 1 heterocycles. The quantitative estimate of drug-likeness (QED) is 0.903. The smallest absolute Gasteiger partial charge is 0.303 e. The largest absolute Gasteiger partial charge is 0.481 e. The van der Waals surface area contributed by atoms with Crippen LogP contribution >= 0.6 is 0 Å². The number of carboxylic acids is 1. The highest BCUT2D eigenvalue weighted by molar-refractivity contribution is 5.83. The molecular formula is C15H19NO3. The minimum Gasteiger partial charge on any atom is -0.481 e. The average Bonchev–Trinajstić information content (AvgIpc) is 2.85. The van der Waals surface area contributed by atoms with Gasteiger partial charge in [0.2, 0.25) is 5.91 Å². The molecule has 1 aromatic rings. The van der Waals surface area contributed by atoms with Gasteiger partial charge in [-0.2, -0.15) is 0 Å². The number of nitrogens with zero attached hydrogens (tertiary/aromatic N) is 1. The lowest BCUT2D eigenvalue weighted by atomic mass is 10.00. The van der Waals surface area contributed by atoms with Crippen molar-refractivity contribution in [2.24, 2.45) is 5.92 Å². The second-order valence-electron chi connectivity index (χ2n) is 5.17. The predicted octanol–water partition coefficient (Wildman–Crippen LogP) is 2.11. The Bertz CT molecular complexity index is 458. The van der Waals surface area contributed by atoms with Crippen molar-refractivity contribution in [2.45, 2.75) is 25.7 Å². The summed E-state index contributed by atoms with van der Waals surface area (Å²) in [5.41, 5.74) is 1.01. The van der Waals surface area contributed by atoms with Gasteiger partial charge in [-0.25, -0.2) is 0 Å². The molecule has 0 aromatic heterocycles. The molecule has 1 aromatic carbocycles. The van der Waals surface area contributed by atoms with Gasteiger partial charge in [0.1, 0.15) is 0 Å². The highest BCUT2D eigenvalue weighted by atomic mass is 16.4.